The van der Waals surface area contributed by atoms with Gasteiger partial charge in [-0.2, -0.15) is 0 Å². The van der Waals surface area contributed by atoms with Crippen molar-refractivity contribution >= 4 is 49.6 Å². The zero-order valence-corrected chi connectivity index (χ0v) is 33.0. The fourth-order valence-electron chi connectivity index (χ4n) is 9.11. The highest BCUT2D eigenvalue weighted by molar-refractivity contribution is 6.09. The maximum absolute atomic E-state index is 2.42. The van der Waals surface area contributed by atoms with Gasteiger partial charge in [-0.1, -0.05) is 188 Å². The van der Waals surface area contributed by atoms with Gasteiger partial charge in [-0.25, -0.2) is 0 Å². The molecule has 0 aliphatic heterocycles. The van der Waals surface area contributed by atoms with E-state index in [-0.39, 0.29) is 0 Å². The third-order valence-electron chi connectivity index (χ3n) is 11.8. The van der Waals surface area contributed by atoms with Gasteiger partial charge in [0.15, 0.2) is 0 Å². The van der Waals surface area contributed by atoms with Crippen molar-refractivity contribution in [3.8, 4) is 50.2 Å². The van der Waals surface area contributed by atoms with Gasteiger partial charge in [-0.15, -0.1) is 0 Å². The van der Waals surface area contributed by atoms with Crippen molar-refractivity contribution in [2.45, 2.75) is 0 Å². The summed E-state index contributed by atoms with van der Waals surface area (Å²) in [4.78, 5) is 2.42. The molecular formula is C58H40N2. The van der Waals surface area contributed by atoms with E-state index in [0.717, 1.165) is 28.3 Å². The first kappa shape index (κ1) is 35.2. The Morgan fingerprint density at radius 3 is 1.48 bits per heavy atom. The van der Waals surface area contributed by atoms with Crippen molar-refractivity contribution in [3.63, 3.8) is 0 Å². The Hall–Kier alpha value is -7.94. The normalized spacial score (nSPS) is 11.3. The van der Waals surface area contributed by atoms with Crippen LogP contribution >= 0.6 is 0 Å². The highest BCUT2D eigenvalue weighted by Gasteiger charge is 2.21. The van der Waals surface area contributed by atoms with Crippen LogP contribution in [0.5, 0.6) is 0 Å². The molecule has 60 heavy (non-hydrogen) atoms. The fraction of sp³-hybridized carbons (Fsp3) is 0. The SMILES string of the molecule is c1ccc(-c2ccccc2-c2c(-c3ccccc3)cccc2-c2cccc(N(c3ccc(-n4c5ccccc5c5ccccc54)cc3)c3cccc4ccccc34)c2)cc1. The number of hydrogen-bond donors (Lipinski definition) is 0. The molecule has 1 aromatic heterocycles. The van der Waals surface area contributed by atoms with E-state index in [9.17, 15) is 0 Å². The molecule has 1 heterocycles. The van der Waals surface area contributed by atoms with Crippen molar-refractivity contribution in [1.82, 2.24) is 4.57 Å². The lowest BCUT2D eigenvalue weighted by Gasteiger charge is -2.28. The number of anilines is 3. The van der Waals surface area contributed by atoms with Crippen LogP contribution in [0.4, 0.5) is 17.1 Å². The fourth-order valence-corrected chi connectivity index (χ4v) is 9.11. The first-order valence-corrected chi connectivity index (χ1v) is 20.6. The second-order valence-corrected chi connectivity index (χ2v) is 15.3. The molecule has 0 atom stereocenters. The quantitative estimate of drug-likeness (QED) is 0.150. The second-order valence-electron chi connectivity index (χ2n) is 15.3. The zero-order chi connectivity index (χ0) is 39.8. The highest BCUT2D eigenvalue weighted by Crippen LogP contribution is 2.46. The third kappa shape index (κ3) is 6.14. The van der Waals surface area contributed by atoms with Crippen LogP contribution in [0.2, 0.25) is 0 Å². The van der Waals surface area contributed by atoms with Crippen LogP contribution in [0.25, 0.3) is 82.8 Å². The standard InChI is InChI=1S/C58H40N2/c1-3-18-41(19-4-1)48-26-9-10-30-54(48)58-50(43-20-5-2-6-21-43)31-17-32-51(58)44-24-15-25-47(40-44)59(55-35-16-23-42-22-7-8-27-49(42)55)45-36-38-46(39-37-45)60-56-33-13-11-28-52(56)53-29-12-14-34-57(53)60/h1-40H. The molecule has 0 aliphatic carbocycles. The van der Waals surface area contributed by atoms with Crippen LogP contribution in [0.1, 0.15) is 0 Å². The van der Waals surface area contributed by atoms with Gasteiger partial charge in [0, 0.05) is 33.2 Å². The Balaban J connectivity index is 1.11. The molecule has 2 nitrogen and oxygen atoms in total. The Bertz CT molecular complexity index is 3250. The average Bonchev–Trinajstić information content (AvgIpc) is 3.67. The van der Waals surface area contributed by atoms with E-state index in [0.29, 0.717) is 0 Å². The van der Waals surface area contributed by atoms with Gasteiger partial charge < -0.3 is 9.47 Å². The summed E-state index contributed by atoms with van der Waals surface area (Å²) in [6.45, 7) is 0. The summed E-state index contributed by atoms with van der Waals surface area (Å²) in [6, 6.07) is 87.9. The number of benzene rings is 10. The number of nitrogens with zero attached hydrogens (tertiary/aromatic N) is 2. The lowest BCUT2D eigenvalue weighted by Crippen LogP contribution is -2.11. The van der Waals surface area contributed by atoms with E-state index >= 15 is 0 Å². The monoisotopic (exact) mass is 764 g/mol. The van der Waals surface area contributed by atoms with Crippen LogP contribution in [0.3, 0.4) is 0 Å². The number of hydrogen-bond acceptors (Lipinski definition) is 1. The van der Waals surface area contributed by atoms with E-state index in [1.807, 2.05) is 0 Å². The molecule has 0 radical (unpaired) electrons. The van der Waals surface area contributed by atoms with Crippen molar-refractivity contribution in [2.75, 3.05) is 4.90 Å². The van der Waals surface area contributed by atoms with Crippen LogP contribution in [0, 0.1) is 0 Å². The molecule has 11 rings (SSSR count). The molecule has 0 amide bonds. The summed E-state index contributed by atoms with van der Waals surface area (Å²) < 4.78 is 2.38. The minimum Gasteiger partial charge on any atom is -0.310 e. The van der Waals surface area contributed by atoms with Gasteiger partial charge in [-0.3, -0.25) is 0 Å². The summed E-state index contributed by atoms with van der Waals surface area (Å²) in [5.41, 5.74) is 16.4. The van der Waals surface area contributed by atoms with Crippen LogP contribution in [-0.2, 0) is 0 Å². The summed E-state index contributed by atoms with van der Waals surface area (Å²) >= 11 is 0. The minimum absolute atomic E-state index is 1.08. The average molecular weight is 765 g/mol. The molecule has 0 fully saturated rings. The molecular weight excluding hydrogens is 725 g/mol. The summed E-state index contributed by atoms with van der Waals surface area (Å²) in [5, 5.41) is 4.91. The predicted molar refractivity (Wildman–Crippen MR) is 255 cm³/mol. The van der Waals surface area contributed by atoms with Crippen molar-refractivity contribution in [1.29, 1.82) is 0 Å². The van der Waals surface area contributed by atoms with Gasteiger partial charge >= 0.3 is 0 Å². The molecule has 0 N–H and O–H groups in total. The third-order valence-corrected chi connectivity index (χ3v) is 11.8. The first-order chi connectivity index (χ1) is 29.8. The van der Waals surface area contributed by atoms with E-state index in [4.69, 9.17) is 0 Å². The number of para-hydroxylation sites is 2. The van der Waals surface area contributed by atoms with E-state index < -0.39 is 0 Å². The lowest BCUT2D eigenvalue weighted by atomic mass is 9.84. The molecule has 11 aromatic rings. The number of aromatic nitrogens is 1. The van der Waals surface area contributed by atoms with Gasteiger partial charge in [0.2, 0.25) is 0 Å². The van der Waals surface area contributed by atoms with E-state index in [1.54, 1.807) is 0 Å². The Kier molecular flexibility index (Phi) is 8.87. The Morgan fingerprint density at radius 1 is 0.300 bits per heavy atom. The molecule has 0 saturated carbocycles. The van der Waals surface area contributed by atoms with E-state index in [1.165, 1.54) is 71.5 Å². The maximum atomic E-state index is 2.42. The molecule has 0 unspecified atom stereocenters. The Labute approximate surface area is 350 Å². The number of fused-ring (bicyclic) bond motifs is 4. The molecule has 0 saturated heterocycles. The zero-order valence-electron chi connectivity index (χ0n) is 33.0. The molecule has 0 aliphatic rings. The maximum Gasteiger partial charge on any atom is 0.0541 e. The predicted octanol–water partition coefficient (Wildman–Crippen LogP) is 16.1. The van der Waals surface area contributed by atoms with Crippen molar-refractivity contribution in [2.24, 2.45) is 0 Å². The minimum atomic E-state index is 1.08. The topological polar surface area (TPSA) is 8.17 Å². The summed E-state index contributed by atoms with van der Waals surface area (Å²) in [6.07, 6.45) is 0. The summed E-state index contributed by atoms with van der Waals surface area (Å²) in [5.74, 6) is 0. The van der Waals surface area contributed by atoms with Crippen LogP contribution in [-0.4, -0.2) is 4.57 Å². The smallest absolute Gasteiger partial charge is 0.0541 e. The first-order valence-electron chi connectivity index (χ1n) is 20.6. The van der Waals surface area contributed by atoms with Crippen LogP contribution < -0.4 is 4.90 Å². The summed E-state index contributed by atoms with van der Waals surface area (Å²) in [7, 11) is 0. The van der Waals surface area contributed by atoms with Crippen molar-refractivity contribution < 1.29 is 0 Å². The molecule has 10 aromatic carbocycles. The van der Waals surface area contributed by atoms with Crippen LogP contribution in [0.15, 0.2) is 243 Å². The molecule has 2 heteroatoms. The van der Waals surface area contributed by atoms with Gasteiger partial charge in [0.1, 0.15) is 0 Å². The molecule has 0 spiro atoms. The largest absolute Gasteiger partial charge is 0.310 e. The number of rotatable bonds is 8. The lowest BCUT2D eigenvalue weighted by molar-refractivity contribution is 1.17. The Morgan fingerprint density at radius 2 is 0.783 bits per heavy atom. The second kappa shape index (κ2) is 15.1. The van der Waals surface area contributed by atoms with Gasteiger partial charge in [0.05, 0.1) is 16.7 Å². The highest BCUT2D eigenvalue weighted by atomic mass is 15.1. The molecule has 0 bridgehead atoms. The van der Waals surface area contributed by atoms with Crippen molar-refractivity contribution in [3.05, 3.63) is 243 Å². The van der Waals surface area contributed by atoms with E-state index in [2.05, 4.69) is 252 Å². The molecule has 282 valence electrons. The van der Waals surface area contributed by atoms with Gasteiger partial charge in [-0.05, 0) is 104 Å². The van der Waals surface area contributed by atoms with Gasteiger partial charge in [0.25, 0.3) is 0 Å².